The molecule has 0 N–H and O–H groups in total. The Hall–Kier alpha value is -1.01. The summed E-state index contributed by atoms with van der Waals surface area (Å²) >= 11 is 5.83. The van der Waals surface area contributed by atoms with Crippen molar-refractivity contribution < 1.29 is 0 Å². The van der Waals surface area contributed by atoms with Gasteiger partial charge in [0, 0.05) is 5.88 Å². The van der Waals surface area contributed by atoms with Gasteiger partial charge in [0.15, 0.2) is 0 Å². The molecule has 0 fully saturated rings. The molecule has 0 nitrogen and oxygen atoms in total. The minimum absolute atomic E-state index is 0.594. The molecular weight excluding hydrogens is 180 g/mol. The van der Waals surface area contributed by atoms with Crippen LogP contribution in [-0.4, -0.2) is 0 Å². The highest BCUT2D eigenvalue weighted by Gasteiger charge is 2.00. The average Bonchev–Trinajstić information content (AvgIpc) is 2.19. The number of aryl methyl sites for hydroxylation is 1. The fraction of sp³-hybridized carbons (Fsp3) is 0.167. The number of benzene rings is 2. The van der Waals surface area contributed by atoms with E-state index in [1.54, 1.807) is 0 Å². The topological polar surface area (TPSA) is 0 Å². The Labute approximate surface area is 83.1 Å². The SMILES string of the molecule is Cc1c(CCl)ccc2ccccc12. The van der Waals surface area contributed by atoms with Crippen LogP contribution in [0.25, 0.3) is 10.8 Å². The molecule has 0 aliphatic carbocycles. The van der Waals surface area contributed by atoms with Gasteiger partial charge in [-0.05, 0) is 28.8 Å². The summed E-state index contributed by atoms with van der Waals surface area (Å²) < 4.78 is 0. The summed E-state index contributed by atoms with van der Waals surface area (Å²) in [6.07, 6.45) is 0. The molecule has 0 unspecified atom stereocenters. The van der Waals surface area contributed by atoms with E-state index >= 15 is 0 Å². The van der Waals surface area contributed by atoms with Crippen LogP contribution >= 0.6 is 11.6 Å². The van der Waals surface area contributed by atoms with Gasteiger partial charge in [-0.15, -0.1) is 11.6 Å². The van der Waals surface area contributed by atoms with Gasteiger partial charge < -0.3 is 0 Å². The van der Waals surface area contributed by atoms with E-state index in [-0.39, 0.29) is 0 Å². The maximum absolute atomic E-state index is 5.83. The summed E-state index contributed by atoms with van der Waals surface area (Å²) in [5, 5.41) is 2.59. The molecule has 66 valence electrons. The molecule has 2 aromatic rings. The second-order valence-corrected chi connectivity index (χ2v) is 3.47. The van der Waals surface area contributed by atoms with Crippen molar-refractivity contribution in [3.8, 4) is 0 Å². The number of alkyl halides is 1. The number of rotatable bonds is 1. The third-order valence-corrected chi connectivity index (χ3v) is 2.74. The van der Waals surface area contributed by atoms with Crippen LogP contribution in [0.4, 0.5) is 0 Å². The van der Waals surface area contributed by atoms with E-state index in [1.807, 2.05) is 0 Å². The van der Waals surface area contributed by atoms with E-state index in [0.717, 1.165) is 0 Å². The Morgan fingerprint density at radius 3 is 2.62 bits per heavy atom. The fourth-order valence-electron chi connectivity index (χ4n) is 1.62. The summed E-state index contributed by atoms with van der Waals surface area (Å²) in [5.74, 6) is 0.594. The molecule has 0 aromatic heterocycles. The maximum atomic E-state index is 5.83. The first kappa shape index (κ1) is 8.58. The highest BCUT2D eigenvalue weighted by atomic mass is 35.5. The van der Waals surface area contributed by atoms with Crippen LogP contribution in [0.2, 0.25) is 0 Å². The standard InChI is InChI=1S/C12H11Cl/c1-9-11(8-13)7-6-10-4-2-3-5-12(9)10/h2-7H,8H2,1H3. The number of hydrogen-bond donors (Lipinski definition) is 0. The van der Waals surface area contributed by atoms with Crippen molar-refractivity contribution in [2.45, 2.75) is 12.8 Å². The Kier molecular flexibility index (Phi) is 2.24. The van der Waals surface area contributed by atoms with Gasteiger partial charge >= 0.3 is 0 Å². The lowest BCUT2D eigenvalue weighted by Gasteiger charge is -2.05. The lowest BCUT2D eigenvalue weighted by molar-refractivity contribution is 1.33. The van der Waals surface area contributed by atoms with Crippen LogP contribution in [0, 0.1) is 6.92 Å². The zero-order chi connectivity index (χ0) is 9.26. The Morgan fingerprint density at radius 1 is 1.08 bits per heavy atom. The summed E-state index contributed by atoms with van der Waals surface area (Å²) in [7, 11) is 0. The van der Waals surface area contributed by atoms with Crippen LogP contribution in [-0.2, 0) is 5.88 Å². The van der Waals surface area contributed by atoms with Crippen molar-refractivity contribution in [1.29, 1.82) is 0 Å². The average molecular weight is 191 g/mol. The first-order chi connectivity index (χ1) is 6.33. The third-order valence-electron chi connectivity index (χ3n) is 2.45. The number of hydrogen-bond acceptors (Lipinski definition) is 0. The van der Waals surface area contributed by atoms with Gasteiger partial charge in [0.2, 0.25) is 0 Å². The van der Waals surface area contributed by atoms with Gasteiger partial charge in [-0.2, -0.15) is 0 Å². The molecule has 0 heterocycles. The monoisotopic (exact) mass is 190 g/mol. The molecule has 0 radical (unpaired) electrons. The molecule has 0 atom stereocenters. The van der Waals surface area contributed by atoms with Gasteiger partial charge in [-0.25, -0.2) is 0 Å². The fourth-order valence-corrected chi connectivity index (χ4v) is 1.91. The largest absolute Gasteiger partial charge is 0.122 e. The zero-order valence-electron chi connectivity index (χ0n) is 7.55. The maximum Gasteiger partial charge on any atom is 0.0476 e. The zero-order valence-corrected chi connectivity index (χ0v) is 8.31. The molecule has 0 bridgehead atoms. The van der Waals surface area contributed by atoms with Crippen LogP contribution in [0.5, 0.6) is 0 Å². The van der Waals surface area contributed by atoms with Crippen LogP contribution in [0.1, 0.15) is 11.1 Å². The van der Waals surface area contributed by atoms with Gasteiger partial charge in [-0.3, -0.25) is 0 Å². The first-order valence-electron chi connectivity index (χ1n) is 4.36. The van der Waals surface area contributed by atoms with E-state index < -0.39 is 0 Å². The van der Waals surface area contributed by atoms with E-state index in [9.17, 15) is 0 Å². The minimum Gasteiger partial charge on any atom is -0.122 e. The summed E-state index contributed by atoms with van der Waals surface area (Å²) in [4.78, 5) is 0. The Morgan fingerprint density at radius 2 is 1.85 bits per heavy atom. The van der Waals surface area contributed by atoms with Gasteiger partial charge in [0.05, 0.1) is 0 Å². The van der Waals surface area contributed by atoms with E-state index in [0.29, 0.717) is 5.88 Å². The van der Waals surface area contributed by atoms with Crippen LogP contribution in [0.15, 0.2) is 36.4 Å². The first-order valence-corrected chi connectivity index (χ1v) is 4.89. The second kappa shape index (κ2) is 3.39. The molecule has 0 spiro atoms. The summed E-state index contributed by atoms with van der Waals surface area (Å²) in [6, 6.07) is 12.6. The molecule has 1 heteroatoms. The number of halogens is 1. The van der Waals surface area contributed by atoms with Crippen LogP contribution < -0.4 is 0 Å². The molecule has 13 heavy (non-hydrogen) atoms. The van der Waals surface area contributed by atoms with Crippen molar-refractivity contribution in [2.24, 2.45) is 0 Å². The van der Waals surface area contributed by atoms with Crippen molar-refractivity contribution in [3.05, 3.63) is 47.5 Å². The predicted molar refractivity (Wildman–Crippen MR) is 58.2 cm³/mol. The second-order valence-electron chi connectivity index (χ2n) is 3.20. The van der Waals surface area contributed by atoms with Crippen molar-refractivity contribution in [3.63, 3.8) is 0 Å². The van der Waals surface area contributed by atoms with Gasteiger partial charge in [0.25, 0.3) is 0 Å². The highest BCUT2D eigenvalue weighted by molar-refractivity contribution is 6.17. The smallest absolute Gasteiger partial charge is 0.0476 e. The number of fused-ring (bicyclic) bond motifs is 1. The van der Waals surface area contributed by atoms with Gasteiger partial charge in [0.1, 0.15) is 0 Å². The van der Waals surface area contributed by atoms with Crippen molar-refractivity contribution in [1.82, 2.24) is 0 Å². The lowest BCUT2D eigenvalue weighted by atomic mass is 10.0. The molecule has 0 saturated heterocycles. The molecule has 2 rings (SSSR count). The molecular formula is C12H11Cl. The third kappa shape index (κ3) is 1.42. The lowest BCUT2D eigenvalue weighted by Crippen LogP contribution is -1.85. The Bertz CT molecular complexity index is 432. The van der Waals surface area contributed by atoms with E-state index in [2.05, 4.69) is 43.3 Å². The summed E-state index contributed by atoms with van der Waals surface area (Å²) in [5.41, 5.74) is 2.52. The predicted octanol–water partition coefficient (Wildman–Crippen LogP) is 3.89. The minimum atomic E-state index is 0.594. The van der Waals surface area contributed by atoms with Crippen molar-refractivity contribution in [2.75, 3.05) is 0 Å². The molecule has 0 saturated carbocycles. The van der Waals surface area contributed by atoms with Crippen molar-refractivity contribution >= 4 is 22.4 Å². The molecule has 0 amide bonds. The van der Waals surface area contributed by atoms with E-state index in [4.69, 9.17) is 11.6 Å². The Balaban J connectivity index is 2.79. The highest BCUT2D eigenvalue weighted by Crippen LogP contribution is 2.22. The summed E-state index contributed by atoms with van der Waals surface area (Å²) in [6.45, 7) is 2.13. The van der Waals surface area contributed by atoms with E-state index in [1.165, 1.54) is 21.9 Å². The quantitative estimate of drug-likeness (QED) is 0.599. The van der Waals surface area contributed by atoms with Crippen LogP contribution in [0.3, 0.4) is 0 Å². The molecule has 0 aliphatic heterocycles. The van der Waals surface area contributed by atoms with Gasteiger partial charge in [-0.1, -0.05) is 36.4 Å². The molecule has 2 aromatic carbocycles. The molecule has 0 aliphatic rings. The normalized spacial score (nSPS) is 10.6.